The van der Waals surface area contributed by atoms with Crippen LogP contribution < -0.4 is 15.4 Å². The molecule has 2 aliphatic heterocycles. The largest absolute Gasteiger partial charge is 0.497 e. The van der Waals surface area contributed by atoms with Gasteiger partial charge in [-0.05, 0) is 28.8 Å². The molecule has 5 rings (SSSR count). The smallest absolute Gasteiger partial charge is 0.322 e. The Morgan fingerprint density at radius 1 is 1.06 bits per heavy atom. The van der Waals surface area contributed by atoms with Gasteiger partial charge >= 0.3 is 6.03 Å². The third-order valence-corrected chi connectivity index (χ3v) is 5.57. The summed E-state index contributed by atoms with van der Waals surface area (Å²) in [7, 11) is 5.15. The molecule has 2 aliphatic rings. The van der Waals surface area contributed by atoms with Crippen molar-refractivity contribution in [2.75, 3.05) is 14.2 Å². The van der Waals surface area contributed by atoms with E-state index in [1.807, 2.05) is 32.0 Å². The van der Waals surface area contributed by atoms with E-state index in [1.54, 1.807) is 67.3 Å². The van der Waals surface area contributed by atoms with Crippen molar-refractivity contribution in [2.24, 2.45) is 7.05 Å². The lowest BCUT2D eigenvalue weighted by Crippen LogP contribution is -2.22. The molecule has 2 aromatic carbocycles. The number of amides is 4. The van der Waals surface area contributed by atoms with Crippen LogP contribution in [-0.2, 0) is 18.4 Å². The number of carbonyl (C=O) groups excluding carboxylic acids is 3. The van der Waals surface area contributed by atoms with Crippen LogP contribution >= 0.6 is 0 Å². The molecule has 0 bridgehead atoms. The standard InChI is InChI=1S/C14H11N5O2.C10H11NO2.C2H6/c1-19-7-10(11(6-15)18-19)8-2-4-9(5-3-8)12-13(20)17-14(21)16-12;1-11-6-7-3-4-8(13-2)5-9(7)10(11)12;1-2/h2-5,7,12H,1H3,(H2,16,17,20,21);3-5H,6H2,1-2H3;1-2H3. The van der Waals surface area contributed by atoms with Crippen LogP contribution in [0.2, 0.25) is 0 Å². The summed E-state index contributed by atoms with van der Waals surface area (Å²) in [6.07, 6.45) is 1.76. The average molecular weight is 489 g/mol. The number of nitrogens with zero attached hydrogens (tertiary/aromatic N) is 4. The molecular weight excluding hydrogens is 460 g/mol. The summed E-state index contributed by atoms with van der Waals surface area (Å²) in [5, 5.41) is 17.8. The van der Waals surface area contributed by atoms with Gasteiger partial charge in [0.25, 0.3) is 11.8 Å². The lowest BCUT2D eigenvalue weighted by atomic mass is 10.0. The van der Waals surface area contributed by atoms with E-state index in [2.05, 4.69) is 15.7 Å². The van der Waals surface area contributed by atoms with E-state index in [1.165, 1.54) is 0 Å². The van der Waals surface area contributed by atoms with Crippen molar-refractivity contribution < 1.29 is 19.1 Å². The first kappa shape index (κ1) is 26.0. The number of urea groups is 1. The second-order valence-electron chi connectivity index (χ2n) is 7.88. The highest BCUT2D eigenvalue weighted by atomic mass is 16.5. The number of hydrogen-bond donors (Lipinski definition) is 2. The van der Waals surface area contributed by atoms with Crippen LogP contribution in [0.1, 0.15) is 47.1 Å². The minimum atomic E-state index is -0.670. The number of aromatic nitrogens is 2. The van der Waals surface area contributed by atoms with Crippen molar-refractivity contribution in [1.82, 2.24) is 25.3 Å². The molecule has 0 spiro atoms. The van der Waals surface area contributed by atoms with Crippen molar-refractivity contribution in [3.63, 3.8) is 0 Å². The minimum absolute atomic E-state index is 0.0777. The quantitative estimate of drug-likeness (QED) is 0.545. The lowest BCUT2D eigenvalue weighted by molar-refractivity contribution is -0.120. The van der Waals surface area contributed by atoms with Gasteiger partial charge < -0.3 is 15.0 Å². The predicted octanol–water partition coefficient (Wildman–Crippen LogP) is 3.15. The second-order valence-corrected chi connectivity index (χ2v) is 7.88. The Hall–Kier alpha value is -4.65. The van der Waals surface area contributed by atoms with E-state index in [9.17, 15) is 14.4 Å². The number of nitriles is 1. The van der Waals surface area contributed by atoms with E-state index in [4.69, 9.17) is 10.00 Å². The van der Waals surface area contributed by atoms with E-state index in [0.29, 0.717) is 17.8 Å². The molecule has 0 aliphatic carbocycles. The van der Waals surface area contributed by atoms with Gasteiger partial charge in [0.15, 0.2) is 5.69 Å². The van der Waals surface area contributed by atoms with Crippen LogP contribution in [0.25, 0.3) is 11.1 Å². The number of benzene rings is 2. The van der Waals surface area contributed by atoms with Gasteiger partial charge in [-0.3, -0.25) is 19.6 Å². The van der Waals surface area contributed by atoms with Gasteiger partial charge in [0.2, 0.25) is 0 Å². The maximum absolute atomic E-state index is 11.6. The Labute approximate surface area is 209 Å². The summed E-state index contributed by atoms with van der Waals surface area (Å²) < 4.78 is 6.63. The van der Waals surface area contributed by atoms with Gasteiger partial charge in [-0.15, -0.1) is 0 Å². The first-order chi connectivity index (χ1) is 17.3. The fraction of sp³-hybridized carbons (Fsp3) is 0.269. The van der Waals surface area contributed by atoms with E-state index >= 15 is 0 Å². The zero-order valence-electron chi connectivity index (χ0n) is 20.8. The van der Waals surface area contributed by atoms with Gasteiger partial charge in [0, 0.05) is 38.0 Å². The molecule has 1 fully saturated rings. The van der Waals surface area contributed by atoms with Crippen LogP contribution in [0, 0.1) is 11.3 Å². The summed E-state index contributed by atoms with van der Waals surface area (Å²) in [6, 6.07) is 13.6. The van der Waals surface area contributed by atoms with Gasteiger partial charge in [-0.1, -0.05) is 44.2 Å². The van der Waals surface area contributed by atoms with Crippen LogP contribution in [0.5, 0.6) is 5.75 Å². The molecule has 0 saturated carbocycles. The van der Waals surface area contributed by atoms with Crippen LogP contribution in [-0.4, -0.2) is 46.7 Å². The normalized spacial score (nSPS) is 15.5. The zero-order valence-corrected chi connectivity index (χ0v) is 20.8. The van der Waals surface area contributed by atoms with Crippen molar-refractivity contribution in [1.29, 1.82) is 5.26 Å². The molecule has 0 radical (unpaired) electrons. The Balaban J connectivity index is 0.000000206. The first-order valence-electron chi connectivity index (χ1n) is 11.4. The maximum atomic E-state index is 11.6. The topological polar surface area (TPSA) is 129 Å². The third-order valence-electron chi connectivity index (χ3n) is 5.57. The molecule has 1 aromatic heterocycles. The molecule has 1 unspecified atom stereocenters. The fourth-order valence-corrected chi connectivity index (χ4v) is 3.84. The number of ether oxygens (including phenoxy) is 1. The molecule has 186 valence electrons. The van der Waals surface area contributed by atoms with E-state index < -0.39 is 12.1 Å². The highest BCUT2D eigenvalue weighted by Gasteiger charge is 2.30. The SMILES string of the molecule is CC.COc1ccc2c(c1)C(=O)N(C)C2.Cn1cc(-c2ccc(C3NC(=O)NC3=O)cc2)c(C#N)n1. The molecule has 3 aromatic rings. The van der Waals surface area contributed by atoms with Gasteiger partial charge in [0.1, 0.15) is 17.9 Å². The van der Waals surface area contributed by atoms with Gasteiger partial charge in [-0.25, -0.2) is 4.79 Å². The molecule has 3 heterocycles. The number of hydrogen-bond acceptors (Lipinski definition) is 6. The summed E-state index contributed by atoms with van der Waals surface area (Å²) in [6.45, 7) is 4.71. The first-order valence-corrected chi connectivity index (χ1v) is 11.4. The number of imide groups is 1. The zero-order chi connectivity index (χ0) is 26.4. The lowest BCUT2D eigenvalue weighted by Gasteiger charge is -2.08. The number of rotatable bonds is 3. The molecule has 4 amide bonds. The third kappa shape index (κ3) is 5.36. The number of aryl methyl sites for hydroxylation is 1. The maximum Gasteiger partial charge on any atom is 0.322 e. The van der Waals surface area contributed by atoms with Gasteiger partial charge in [-0.2, -0.15) is 10.4 Å². The van der Waals surface area contributed by atoms with Crippen molar-refractivity contribution >= 4 is 17.8 Å². The summed E-state index contributed by atoms with van der Waals surface area (Å²) in [5.74, 6) is 0.447. The Bertz CT molecular complexity index is 1320. The molecule has 36 heavy (non-hydrogen) atoms. The monoisotopic (exact) mass is 488 g/mol. The molecule has 1 saturated heterocycles. The number of nitrogens with one attached hydrogen (secondary N) is 2. The second kappa shape index (κ2) is 11.2. The van der Waals surface area contributed by atoms with Crippen molar-refractivity contribution in [2.45, 2.75) is 26.4 Å². The Kier molecular flexibility index (Phi) is 8.07. The van der Waals surface area contributed by atoms with Gasteiger partial charge in [0.05, 0.1) is 7.11 Å². The van der Waals surface area contributed by atoms with Crippen molar-refractivity contribution in [3.05, 3.63) is 71.0 Å². The fourth-order valence-electron chi connectivity index (χ4n) is 3.84. The molecular formula is C26H28N6O4. The summed E-state index contributed by atoms with van der Waals surface area (Å²) >= 11 is 0. The average Bonchev–Trinajstić information content (AvgIpc) is 3.54. The summed E-state index contributed by atoms with van der Waals surface area (Å²) in [4.78, 5) is 35.9. The molecule has 2 N–H and O–H groups in total. The predicted molar refractivity (Wildman–Crippen MR) is 133 cm³/mol. The summed E-state index contributed by atoms with van der Waals surface area (Å²) in [5.41, 5.74) is 4.43. The number of carbonyl (C=O) groups is 3. The van der Waals surface area contributed by atoms with E-state index in [0.717, 1.165) is 28.0 Å². The molecule has 10 heteroatoms. The highest BCUT2D eigenvalue weighted by molar-refractivity contribution is 6.04. The molecule has 1 atom stereocenters. The Morgan fingerprint density at radius 3 is 2.33 bits per heavy atom. The highest BCUT2D eigenvalue weighted by Crippen LogP contribution is 2.26. The number of methoxy groups -OCH3 is 1. The number of fused-ring (bicyclic) bond motifs is 1. The van der Waals surface area contributed by atoms with Crippen LogP contribution in [0.15, 0.2) is 48.7 Å². The Morgan fingerprint density at radius 2 is 1.75 bits per heavy atom. The van der Waals surface area contributed by atoms with Crippen LogP contribution in [0.3, 0.4) is 0 Å². The van der Waals surface area contributed by atoms with Crippen molar-refractivity contribution in [3.8, 4) is 22.9 Å². The molecule has 10 nitrogen and oxygen atoms in total. The van der Waals surface area contributed by atoms with E-state index in [-0.39, 0.29) is 11.8 Å². The van der Waals surface area contributed by atoms with Crippen LogP contribution in [0.4, 0.5) is 4.79 Å². The minimum Gasteiger partial charge on any atom is -0.497 e.